The molecule has 0 radical (unpaired) electrons. The lowest BCUT2D eigenvalue weighted by atomic mass is 10.2. The molecule has 4 nitrogen and oxygen atoms in total. The highest BCUT2D eigenvalue weighted by molar-refractivity contribution is 7.99. The van der Waals surface area contributed by atoms with Gasteiger partial charge in [-0.2, -0.15) is 11.8 Å². The zero-order valence-electron chi connectivity index (χ0n) is 11.5. The molecule has 106 valence electrons. The Morgan fingerprint density at radius 1 is 1.58 bits per heavy atom. The third-order valence-corrected chi connectivity index (χ3v) is 4.83. The van der Waals surface area contributed by atoms with Crippen molar-refractivity contribution in [3.05, 3.63) is 23.7 Å². The molecular weight excluding hydrogens is 262 g/mol. The van der Waals surface area contributed by atoms with Crippen molar-refractivity contribution in [1.29, 1.82) is 0 Å². The summed E-state index contributed by atoms with van der Waals surface area (Å²) in [5, 5.41) is 4.24. The van der Waals surface area contributed by atoms with Gasteiger partial charge in [-0.3, -0.25) is 0 Å². The van der Waals surface area contributed by atoms with Gasteiger partial charge in [-0.05, 0) is 24.7 Å². The maximum Gasteiger partial charge on any atom is 0.374 e. The van der Waals surface area contributed by atoms with Crippen LogP contribution in [0, 0.1) is 0 Å². The maximum atomic E-state index is 11.5. The zero-order valence-corrected chi connectivity index (χ0v) is 12.3. The van der Waals surface area contributed by atoms with Gasteiger partial charge < -0.3 is 14.5 Å². The van der Waals surface area contributed by atoms with Crippen LogP contribution in [0.2, 0.25) is 0 Å². The van der Waals surface area contributed by atoms with E-state index in [9.17, 15) is 4.79 Å². The van der Waals surface area contributed by atoms with Crippen molar-refractivity contribution in [2.24, 2.45) is 0 Å². The smallest absolute Gasteiger partial charge is 0.374 e. The van der Waals surface area contributed by atoms with E-state index in [1.165, 1.54) is 32.6 Å². The minimum atomic E-state index is -0.410. The van der Waals surface area contributed by atoms with E-state index in [0.717, 1.165) is 11.3 Å². The molecule has 2 rings (SSSR count). The Hall–Kier alpha value is -0.940. The van der Waals surface area contributed by atoms with E-state index in [1.54, 1.807) is 0 Å². The second kappa shape index (κ2) is 7.01. The number of hydrogen-bond acceptors (Lipinski definition) is 5. The van der Waals surface area contributed by atoms with Crippen LogP contribution in [0.25, 0.3) is 0 Å². The van der Waals surface area contributed by atoms with Crippen molar-refractivity contribution in [1.82, 2.24) is 5.32 Å². The minimum Gasteiger partial charge on any atom is -0.463 e. The van der Waals surface area contributed by atoms with Gasteiger partial charge in [0.1, 0.15) is 0 Å². The van der Waals surface area contributed by atoms with Gasteiger partial charge >= 0.3 is 5.97 Å². The number of thioether (sulfide) groups is 1. The van der Waals surface area contributed by atoms with E-state index in [-0.39, 0.29) is 0 Å². The highest BCUT2D eigenvalue weighted by Crippen LogP contribution is 2.30. The Balaban J connectivity index is 1.91. The number of carbonyl (C=O) groups is 1. The highest BCUT2D eigenvalue weighted by atomic mass is 32.2. The summed E-state index contributed by atoms with van der Waals surface area (Å²) in [6, 6.07) is 2.36. The molecule has 1 aromatic rings. The van der Waals surface area contributed by atoms with Crippen LogP contribution >= 0.6 is 11.8 Å². The molecule has 19 heavy (non-hydrogen) atoms. The summed E-state index contributed by atoms with van der Waals surface area (Å²) in [6.07, 6.45) is 5.31. The second-order valence-electron chi connectivity index (χ2n) is 4.68. The standard InChI is InChI=1S/C14H21NO3S/c1-3-19-12-6-4-5-11(12)15-9-10-7-8-18-13(10)14(16)17-2/h7-8,11-12,15H,3-6,9H2,1-2H3. The fraction of sp³-hybridized carbons (Fsp3) is 0.643. The van der Waals surface area contributed by atoms with E-state index in [1.807, 2.05) is 17.8 Å². The first-order valence-corrected chi connectivity index (χ1v) is 7.80. The van der Waals surface area contributed by atoms with Gasteiger partial charge in [-0.1, -0.05) is 13.3 Å². The van der Waals surface area contributed by atoms with Gasteiger partial charge in [0, 0.05) is 23.4 Å². The highest BCUT2D eigenvalue weighted by Gasteiger charge is 2.27. The van der Waals surface area contributed by atoms with E-state index in [4.69, 9.17) is 9.15 Å². The molecule has 2 unspecified atom stereocenters. The van der Waals surface area contributed by atoms with Crippen LogP contribution in [0.5, 0.6) is 0 Å². The van der Waals surface area contributed by atoms with E-state index < -0.39 is 5.97 Å². The van der Waals surface area contributed by atoms with Crippen LogP contribution < -0.4 is 5.32 Å². The fourth-order valence-electron chi connectivity index (χ4n) is 2.56. The predicted molar refractivity (Wildman–Crippen MR) is 76.4 cm³/mol. The van der Waals surface area contributed by atoms with Crippen LogP contribution in [0.4, 0.5) is 0 Å². The van der Waals surface area contributed by atoms with Crippen molar-refractivity contribution in [2.45, 2.75) is 44.0 Å². The first-order valence-electron chi connectivity index (χ1n) is 6.76. The molecule has 0 aliphatic heterocycles. The number of hydrogen-bond donors (Lipinski definition) is 1. The Labute approximate surface area is 118 Å². The Morgan fingerprint density at radius 3 is 3.16 bits per heavy atom. The average Bonchev–Trinajstić information content (AvgIpc) is 3.04. The third kappa shape index (κ3) is 3.54. The number of esters is 1. The number of nitrogens with one attached hydrogen (secondary N) is 1. The summed E-state index contributed by atoms with van der Waals surface area (Å²) < 4.78 is 9.89. The molecule has 1 aliphatic carbocycles. The van der Waals surface area contributed by atoms with Crippen LogP contribution in [0.15, 0.2) is 16.7 Å². The van der Waals surface area contributed by atoms with Crippen molar-refractivity contribution in [2.75, 3.05) is 12.9 Å². The molecule has 0 amide bonds. The van der Waals surface area contributed by atoms with Gasteiger partial charge in [0.25, 0.3) is 0 Å². The number of furan rings is 1. The molecule has 1 aliphatic rings. The van der Waals surface area contributed by atoms with Gasteiger partial charge in [0.05, 0.1) is 13.4 Å². The SMILES string of the molecule is CCSC1CCCC1NCc1ccoc1C(=O)OC. The van der Waals surface area contributed by atoms with Gasteiger partial charge in [-0.15, -0.1) is 0 Å². The summed E-state index contributed by atoms with van der Waals surface area (Å²) >= 11 is 2.02. The molecule has 0 spiro atoms. The van der Waals surface area contributed by atoms with Gasteiger partial charge in [-0.25, -0.2) is 4.79 Å². The normalized spacial score (nSPS) is 22.6. The summed E-state index contributed by atoms with van der Waals surface area (Å²) in [6.45, 7) is 2.86. The molecule has 2 atom stereocenters. The number of methoxy groups -OCH3 is 1. The number of carbonyl (C=O) groups excluding carboxylic acids is 1. The maximum absolute atomic E-state index is 11.5. The molecular formula is C14H21NO3S. The molecule has 0 saturated heterocycles. The van der Waals surface area contributed by atoms with Crippen LogP contribution in [0.3, 0.4) is 0 Å². The summed E-state index contributed by atoms with van der Waals surface area (Å²) in [4.78, 5) is 11.5. The first-order chi connectivity index (χ1) is 9.26. The molecule has 1 heterocycles. The molecule has 0 bridgehead atoms. The monoisotopic (exact) mass is 283 g/mol. The largest absolute Gasteiger partial charge is 0.463 e. The summed E-state index contributed by atoms with van der Waals surface area (Å²) in [5.74, 6) is 1.06. The second-order valence-corrected chi connectivity index (χ2v) is 6.19. The Bertz CT molecular complexity index is 419. The molecule has 1 N–H and O–H groups in total. The van der Waals surface area contributed by atoms with Crippen molar-refractivity contribution < 1.29 is 13.9 Å². The Kier molecular flexibility index (Phi) is 5.34. The van der Waals surface area contributed by atoms with Crippen LogP contribution in [0.1, 0.15) is 42.3 Å². The van der Waals surface area contributed by atoms with Gasteiger partial charge in [0.15, 0.2) is 0 Å². The number of ether oxygens (including phenoxy) is 1. The van der Waals surface area contributed by atoms with E-state index in [0.29, 0.717) is 23.6 Å². The Morgan fingerprint density at radius 2 is 2.42 bits per heavy atom. The quantitative estimate of drug-likeness (QED) is 0.814. The zero-order chi connectivity index (χ0) is 13.7. The van der Waals surface area contributed by atoms with Crippen molar-refractivity contribution >= 4 is 17.7 Å². The molecule has 1 aromatic heterocycles. The van der Waals surface area contributed by atoms with Crippen molar-refractivity contribution in [3.63, 3.8) is 0 Å². The number of rotatable bonds is 6. The third-order valence-electron chi connectivity index (χ3n) is 3.51. The molecule has 5 heteroatoms. The predicted octanol–water partition coefficient (Wildman–Crippen LogP) is 2.83. The van der Waals surface area contributed by atoms with E-state index in [2.05, 4.69) is 12.2 Å². The fourth-order valence-corrected chi connectivity index (χ4v) is 3.79. The van der Waals surface area contributed by atoms with Crippen molar-refractivity contribution in [3.8, 4) is 0 Å². The molecule has 1 fully saturated rings. The topological polar surface area (TPSA) is 51.5 Å². The lowest BCUT2D eigenvalue weighted by molar-refractivity contribution is 0.0563. The first kappa shape index (κ1) is 14.5. The van der Waals surface area contributed by atoms with Crippen LogP contribution in [-0.4, -0.2) is 30.1 Å². The van der Waals surface area contributed by atoms with Crippen LogP contribution in [-0.2, 0) is 11.3 Å². The lowest BCUT2D eigenvalue weighted by Gasteiger charge is -2.20. The minimum absolute atomic E-state index is 0.313. The summed E-state index contributed by atoms with van der Waals surface area (Å²) in [7, 11) is 1.37. The summed E-state index contributed by atoms with van der Waals surface area (Å²) in [5.41, 5.74) is 0.874. The van der Waals surface area contributed by atoms with E-state index >= 15 is 0 Å². The molecule has 0 aromatic carbocycles. The van der Waals surface area contributed by atoms with Gasteiger partial charge in [0.2, 0.25) is 5.76 Å². The average molecular weight is 283 g/mol. The lowest BCUT2D eigenvalue weighted by Crippen LogP contribution is -2.34. The molecule has 1 saturated carbocycles.